The van der Waals surface area contributed by atoms with Crippen LogP contribution in [0.5, 0.6) is 0 Å². The van der Waals surface area contributed by atoms with Gasteiger partial charge in [0, 0.05) is 24.0 Å². The number of esters is 2. The molecule has 2 aromatic rings. The van der Waals surface area contributed by atoms with E-state index >= 15 is 0 Å². The Morgan fingerprint density at radius 2 is 1.11 bits per heavy atom. The van der Waals surface area contributed by atoms with Crippen molar-refractivity contribution >= 4 is 11.9 Å². The number of hydrogen-bond acceptors (Lipinski definition) is 8. The van der Waals surface area contributed by atoms with Gasteiger partial charge in [0.1, 0.15) is 23.7 Å². The standard InChI is InChI=1S/C28H38N2O6/c1-17-7-19(3)25(11-23-13-29-15-33-23)35-28(32)22(6)10-18(2)8-20(4)26(12-24-14-30-16-34-24)36-27(31)21(5)9-17/h9-10,13-20,25-26H,7-8,11-12H2,1-6H3/b21-9+,22-10+/t17-,18-,19+,20+,25-,26-/m1/s1. The first-order valence-corrected chi connectivity index (χ1v) is 12.7. The molecule has 0 saturated heterocycles. The highest BCUT2D eigenvalue weighted by atomic mass is 16.5. The van der Waals surface area contributed by atoms with Crippen LogP contribution in [0, 0.1) is 23.7 Å². The van der Waals surface area contributed by atoms with Crippen molar-refractivity contribution in [3.8, 4) is 0 Å². The van der Waals surface area contributed by atoms with Crippen LogP contribution in [-0.4, -0.2) is 34.1 Å². The summed E-state index contributed by atoms with van der Waals surface area (Å²) < 4.78 is 22.8. The van der Waals surface area contributed by atoms with E-state index in [1.54, 1.807) is 26.2 Å². The van der Waals surface area contributed by atoms with E-state index in [0.717, 1.165) is 0 Å². The maximum absolute atomic E-state index is 13.0. The zero-order valence-electron chi connectivity index (χ0n) is 22.1. The Morgan fingerprint density at radius 3 is 1.44 bits per heavy atom. The molecule has 196 valence electrons. The van der Waals surface area contributed by atoms with E-state index in [-0.39, 0.29) is 47.8 Å². The van der Waals surface area contributed by atoms with Gasteiger partial charge in [0.15, 0.2) is 12.8 Å². The summed E-state index contributed by atoms with van der Waals surface area (Å²) in [6.07, 6.45) is 11.4. The van der Waals surface area contributed by atoms with Crippen LogP contribution in [-0.2, 0) is 31.9 Å². The summed E-state index contributed by atoms with van der Waals surface area (Å²) in [5.41, 5.74) is 1.12. The fraction of sp³-hybridized carbons (Fsp3) is 0.571. The summed E-state index contributed by atoms with van der Waals surface area (Å²) in [7, 11) is 0. The zero-order valence-corrected chi connectivity index (χ0v) is 22.1. The summed E-state index contributed by atoms with van der Waals surface area (Å²) in [5.74, 6) is 0.843. The number of hydrogen-bond donors (Lipinski definition) is 0. The van der Waals surface area contributed by atoms with E-state index in [9.17, 15) is 9.59 Å². The number of cyclic esters (lactones) is 2. The fourth-order valence-corrected chi connectivity index (χ4v) is 4.86. The Kier molecular flexibility index (Phi) is 9.67. The average molecular weight is 499 g/mol. The number of carbonyl (C=O) groups is 2. The molecular weight excluding hydrogens is 460 g/mol. The third kappa shape index (κ3) is 7.93. The molecule has 0 aliphatic carbocycles. The minimum Gasteiger partial charge on any atom is -0.458 e. The van der Waals surface area contributed by atoms with Crippen LogP contribution >= 0.6 is 0 Å². The Labute approximate surface area is 213 Å². The molecule has 8 nitrogen and oxygen atoms in total. The van der Waals surface area contributed by atoms with Crippen LogP contribution in [0.15, 0.2) is 57.3 Å². The summed E-state index contributed by atoms with van der Waals surface area (Å²) in [6, 6.07) is 0. The fourth-order valence-electron chi connectivity index (χ4n) is 4.86. The lowest BCUT2D eigenvalue weighted by Crippen LogP contribution is -2.30. The SMILES string of the molecule is C/C1=C\[C@H](C)C[C@H](C)[C@@H](Cc2cnco2)OC(=O)/C(C)=C/[C@H](C)C[C@H](C)[C@@H](Cc2cnco2)OC1=O. The van der Waals surface area contributed by atoms with Gasteiger partial charge in [0.2, 0.25) is 0 Å². The van der Waals surface area contributed by atoms with E-state index < -0.39 is 0 Å². The van der Waals surface area contributed by atoms with Crippen molar-refractivity contribution < 1.29 is 27.9 Å². The van der Waals surface area contributed by atoms with Crippen LogP contribution in [0.4, 0.5) is 0 Å². The second kappa shape index (κ2) is 12.7. The van der Waals surface area contributed by atoms with Gasteiger partial charge in [-0.1, -0.05) is 39.8 Å². The molecule has 3 rings (SSSR count). The largest absolute Gasteiger partial charge is 0.458 e. The molecule has 0 N–H and O–H groups in total. The summed E-state index contributed by atoms with van der Waals surface area (Å²) in [4.78, 5) is 34.0. The lowest BCUT2D eigenvalue weighted by Gasteiger charge is -2.27. The summed E-state index contributed by atoms with van der Waals surface area (Å²) >= 11 is 0. The van der Waals surface area contributed by atoms with Crippen molar-refractivity contribution in [3.63, 3.8) is 0 Å². The van der Waals surface area contributed by atoms with Gasteiger partial charge in [-0.2, -0.15) is 0 Å². The number of allylic oxidation sites excluding steroid dienone is 2. The summed E-state index contributed by atoms with van der Waals surface area (Å²) in [5, 5.41) is 0. The van der Waals surface area contributed by atoms with Crippen LogP contribution in [0.2, 0.25) is 0 Å². The molecule has 0 saturated carbocycles. The Bertz CT molecular complexity index is 956. The third-order valence-electron chi connectivity index (χ3n) is 6.76. The smallest absolute Gasteiger partial charge is 0.333 e. The van der Waals surface area contributed by atoms with Gasteiger partial charge in [-0.15, -0.1) is 0 Å². The van der Waals surface area contributed by atoms with Crippen LogP contribution < -0.4 is 0 Å². The molecule has 0 bridgehead atoms. The molecule has 0 unspecified atom stereocenters. The van der Waals surface area contributed by atoms with Gasteiger partial charge in [0.05, 0.1) is 12.4 Å². The molecule has 8 heteroatoms. The molecule has 0 aromatic carbocycles. The first-order valence-electron chi connectivity index (χ1n) is 12.7. The Balaban J connectivity index is 1.87. The lowest BCUT2D eigenvalue weighted by molar-refractivity contribution is -0.147. The van der Waals surface area contributed by atoms with Gasteiger partial charge in [-0.3, -0.25) is 0 Å². The second-order valence-corrected chi connectivity index (χ2v) is 10.3. The average Bonchev–Trinajstić information content (AvgIpc) is 3.51. The van der Waals surface area contributed by atoms with Gasteiger partial charge in [0.25, 0.3) is 0 Å². The molecule has 0 radical (unpaired) electrons. The van der Waals surface area contributed by atoms with E-state index in [4.69, 9.17) is 18.3 Å². The first kappa shape index (κ1) is 27.4. The van der Waals surface area contributed by atoms with Crippen LogP contribution in [0.25, 0.3) is 0 Å². The molecule has 0 spiro atoms. The maximum atomic E-state index is 13.0. The molecule has 6 atom stereocenters. The Hall–Kier alpha value is -3.16. The quantitative estimate of drug-likeness (QED) is 0.509. The van der Waals surface area contributed by atoms with Crippen molar-refractivity contribution in [2.24, 2.45) is 23.7 Å². The normalized spacial score (nSPS) is 32.1. The van der Waals surface area contributed by atoms with Crippen molar-refractivity contribution in [2.45, 2.75) is 79.4 Å². The number of nitrogens with zero attached hydrogens (tertiary/aromatic N) is 2. The maximum Gasteiger partial charge on any atom is 0.333 e. The van der Waals surface area contributed by atoms with Gasteiger partial charge < -0.3 is 18.3 Å². The van der Waals surface area contributed by atoms with Crippen molar-refractivity contribution in [2.75, 3.05) is 0 Å². The second-order valence-electron chi connectivity index (χ2n) is 10.3. The molecule has 0 fully saturated rings. The zero-order chi connectivity index (χ0) is 26.2. The molecular formula is C28H38N2O6. The summed E-state index contributed by atoms with van der Waals surface area (Å²) in [6.45, 7) is 11.8. The van der Waals surface area contributed by atoms with Crippen LogP contribution in [0.3, 0.4) is 0 Å². The number of oxazole rings is 2. The number of carbonyl (C=O) groups excluding carboxylic acids is 2. The first-order chi connectivity index (χ1) is 17.1. The highest BCUT2D eigenvalue weighted by Crippen LogP contribution is 2.27. The number of aromatic nitrogens is 2. The lowest BCUT2D eigenvalue weighted by atomic mass is 9.88. The molecule has 36 heavy (non-hydrogen) atoms. The van der Waals surface area contributed by atoms with Crippen LogP contribution in [0.1, 0.15) is 65.9 Å². The minimum atomic E-state index is -0.384. The van der Waals surface area contributed by atoms with Gasteiger partial charge in [-0.05, 0) is 50.4 Å². The van der Waals surface area contributed by atoms with Gasteiger partial charge in [-0.25, -0.2) is 19.6 Å². The Morgan fingerprint density at radius 1 is 0.722 bits per heavy atom. The highest BCUT2D eigenvalue weighted by Gasteiger charge is 2.28. The predicted octanol–water partition coefficient (Wildman–Crippen LogP) is 5.50. The molecule has 3 heterocycles. The number of rotatable bonds is 4. The molecule has 0 amide bonds. The third-order valence-corrected chi connectivity index (χ3v) is 6.76. The van der Waals surface area contributed by atoms with Crippen molar-refractivity contribution in [3.05, 3.63) is 60.0 Å². The van der Waals surface area contributed by atoms with Crippen molar-refractivity contribution in [1.29, 1.82) is 0 Å². The van der Waals surface area contributed by atoms with E-state index in [2.05, 4.69) is 9.97 Å². The van der Waals surface area contributed by atoms with Crippen molar-refractivity contribution in [1.82, 2.24) is 9.97 Å². The minimum absolute atomic E-state index is 0.0199. The van der Waals surface area contributed by atoms with E-state index in [0.29, 0.717) is 48.3 Å². The topological polar surface area (TPSA) is 105 Å². The highest BCUT2D eigenvalue weighted by molar-refractivity contribution is 5.88. The molecule has 1 aliphatic rings. The van der Waals surface area contributed by atoms with Gasteiger partial charge >= 0.3 is 11.9 Å². The number of ether oxygens (including phenoxy) is 2. The molecule has 1 aliphatic heterocycles. The van der Waals surface area contributed by atoms with E-state index in [1.165, 1.54) is 12.8 Å². The molecule has 2 aromatic heterocycles. The van der Waals surface area contributed by atoms with E-state index in [1.807, 2.05) is 39.8 Å². The predicted molar refractivity (Wildman–Crippen MR) is 134 cm³/mol. The monoisotopic (exact) mass is 498 g/mol.